The SMILES string of the molecule is CN(C(=O)N1CCOC(C(=O)O)C1)c1cccc(F)c1. The quantitative estimate of drug-likeness (QED) is 0.884. The number of nitrogens with zero attached hydrogens (tertiary/aromatic N) is 2. The van der Waals surface area contributed by atoms with Gasteiger partial charge in [0.2, 0.25) is 0 Å². The van der Waals surface area contributed by atoms with Crippen LogP contribution in [0.1, 0.15) is 0 Å². The number of halogens is 1. The molecular weight excluding hydrogens is 267 g/mol. The number of benzene rings is 1. The average Bonchev–Trinajstić information content (AvgIpc) is 2.45. The molecule has 20 heavy (non-hydrogen) atoms. The largest absolute Gasteiger partial charge is 0.479 e. The van der Waals surface area contributed by atoms with Crippen molar-refractivity contribution in [2.75, 3.05) is 31.6 Å². The lowest BCUT2D eigenvalue weighted by molar-refractivity contribution is -0.154. The number of rotatable bonds is 2. The molecule has 1 aliphatic rings. The molecule has 1 aromatic rings. The van der Waals surface area contributed by atoms with Crippen molar-refractivity contribution in [3.8, 4) is 0 Å². The number of hydrogen-bond acceptors (Lipinski definition) is 3. The molecule has 0 aromatic heterocycles. The van der Waals surface area contributed by atoms with E-state index in [0.717, 1.165) is 0 Å². The van der Waals surface area contributed by atoms with Crippen LogP contribution in [0.15, 0.2) is 24.3 Å². The number of aliphatic carboxylic acids is 1. The Hall–Kier alpha value is -2.15. The normalized spacial score (nSPS) is 18.7. The zero-order valence-corrected chi connectivity index (χ0v) is 11.0. The van der Waals surface area contributed by atoms with Crippen LogP contribution in [-0.4, -0.2) is 54.9 Å². The Morgan fingerprint density at radius 2 is 2.25 bits per heavy atom. The Morgan fingerprint density at radius 1 is 1.50 bits per heavy atom. The monoisotopic (exact) mass is 282 g/mol. The molecule has 0 bridgehead atoms. The maximum absolute atomic E-state index is 13.2. The number of carbonyl (C=O) groups excluding carboxylic acids is 1. The molecule has 1 saturated heterocycles. The van der Waals surface area contributed by atoms with Gasteiger partial charge in [0.05, 0.1) is 13.2 Å². The molecule has 0 spiro atoms. The van der Waals surface area contributed by atoms with Crippen molar-refractivity contribution < 1.29 is 23.8 Å². The van der Waals surface area contributed by atoms with Crippen molar-refractivity contribution in [1.82, 2.24) is 4.90 Å². The molecule has 1 N–H and O–H groups in total. The van der Waals surface area contributed by atoms with E-state index in [1.54, 1.807) is 6.07 Å². The summed E-state index contributed by atoms with van der Waals surface area (Å²) in [5, 5.41) is 8.90. The second-order valence-electron chi connectivity index (χ2n) is 4.47. The third-order valence-electron chi connectivity index (χ3n) is 3.09. The van der Waals surface area contributed by atoms with Crippen molar-refractivity contribution >= 4 is 17.7 Å². The summed E-state index contributed by atoms with van der Waals surface area (Å²) >= 11 is 0. The second-order valence-corrected chi connectivity index (χ2v) is 4.47. The van der Waals surface area contributed by atoms with Gasteiger partial charge in [-0.05, 0) is 18.2 Å². The van der Waals surface area contributed by atoms with Gasteiger partial charge < -0.3 is 14.7 Å². The maximum atomic E-state index is 13.2. The van der Waals surface area contributed by atoms with Crippen LogP contribution >= 0.6 is 0 Å². The van der Waals surface area contributed by atoms with Gasteiger partial charge in [0.15, 0.2) is 6.10 Å². The topological polar surface area (TPSA) is 70.1 Å². The summed E-state index contributed by atoms with van der Waals surface area (Å²) in [6.45, 7) is 0.454. The minimum Gasteiger partial charge on any atom is -0.479 e. The smallest absolute Gasteiger partial charge is 0.334 e. The first-order valence-corrected chi connectivity index (χ1v) is 6.11. The van der Waals surface area contributed by atoms with Gasteiger partial charge in [-0.1, -0.05) is 6.07 Å². The lowest BCUT2D eigenvalue weighted by Crippen LogP contribution is -2.52. The van der Waals surface area contributed by atoms with Crippen molar-refractivity contribution in [2.45, 2.75) is 6.10 Å². The summed E-state index contributed by atoms with van der Waals surface area (Å²) in [4.78, 5) is 25.8. The van der Waals surface area contributed by atoms with Crippen LogP contribution in [0.2, 0.25) is 0 Å². The Balaban J connectivity index is 2.08. The van der Waals surface area contributed by atoms with E-state index in [0.29, 0.717) is 12.2 Å². The summed E-state index contributed by atoms with van der Waals surface area (Å²) in [7, 11) is 1.52. The van der Waals surface area contributed by atoms with E-state index >= 15 is 0 Å². The highest BCUT2D eigenvalue weighted by Gasteiger charge is 2.30. The number of amides is 2. The average molecular weight is 282 g/mol. The van der Waals surface area contributed by atoms with Crippen molar-refractivity contribution in [2.24, 2.45) is 0 Å². The first kappa shape index (κ1) is 14.3. The fourth-order valence-corrected chi connectivity index (χ4v) is 1.98. The summed E-state index contributed by atoms with van der Waals surface area (Å²) < 4.78 is 18.2. The summed E-state index contributed by atoms with van der Waals surface area (Å²) in [5.41, 5.74) is 0.411. The lowest BCUT2D eigenvalue weighted by Gasteiger charge is -2.33. The van der Waals surface area contributed by atoms with Gasteiger partial charge in [0, 0.05) is 19.3 Å². The van der Waals surface area contributed by atoms with Crippen molar-refractivity contribution in [3.05, 3.63) is 30.1 Å². The van der Waals surface area contributed by atoms with E-state index in [2.05, 4.69) is 0 Å². The molecule has 0 aliphatic carbocycles. The standard InChI is InChI=1S/C13H15FN2O4/c1-15(10-4-2-3-9(14)7-10)13(19)16-5-6-20-11(8-16)12(17)18/h2-4,7,11H,5-6,8H2,1H3,(H,17,18). The van der Waals surface area contributed by atoms with E-state index in [9.17, 15) is 14.0 Å². The molecular formula is C13H15FN2O4. The van der Waals surface area contributed by atoms with E-state index in [1.807, 2.05) is 0 Å². The lowest BCUT2D eigenvalue weighted by atomic mass is 10.2. The van der Waals surface area contributed by atoms with Gasteiger partial charge in [-0.2, -0.15) is 0 Å². The third-order valence-corrected chi connectivity index (χ3v) is 3.09. The number of hydrogen-bond donors (Lipinski definition) is 1. The fourth-order valence-electron chi connectivity index (χ4n) is 1.98. The zero-order chi connectivity index (χ0) is 14.7. The van der Waals surface area contributed by atoms with Crippen molar-refractivity contribution in [1.29, 1.82) is 0 Å². The first-order chi connectivity index (χ1) is 9.49. The number of anilines is 1. The molecule has 2 rings (SSSR count). The summed E-state index contributed by atoms with van der Waals surface area (Å²) in [6, 6.07) is 5.26. The van der Waals surface area contributed by atoms with Crippen LogP contribution in [0.5, 0.6) is 0 Å². The molecule has 6 nitrogen and oxygen atoms in total. The molecule has 1 fully saturated rings. The number of carboxylic acid groups (broad SMARTS) is 1. The number of carboxylic acids is 1. The fraction of sp³-hybridized carbons (Fsp3) is 0.385. The van der Waals surface area contributed by atoms with E-state index in [1.165, 1.54) is 35.0 Å². The van der Waals surface area contributed by atoms with Gasteiger partial charge in [0.1, 0.15) is 5.82 Å². The highest BCUT2D eigenvalue weighted by atomic mass is 19.1. The Bertz CT molecular complexity index is 523. The number of carbonyl (C=O) groups is 2. The molecule has 1 unspecified atom stereocenters. The molecule has 1 aromatic carbocycles. The first-order valence-electron chi connectivity index (χ1n) is 6.11. The Morgan fingerprint density at radius 3 is 2.90 bits per heavy atom. The molecule has 108 valence electrons. The number of ether oxygens (including phenoxy) is 1. The van der Waals surface area contributed by atoms with Gasteiger partial charge in [-0.3, -0.25) is 4.90 Å². The maximum Gasteiger partial charge on any atom is 0.334 e. The molecule has 7 heteroatoms. The minimum absolute atomic E-state index is 0.0200. The third kappa shape index (κ3) is 3.05. The predicted molar refractivity (Wildman–Crippen MR) is 69.1 cm³/mol. The Kier molecular flexibility index (Phi) is 4.19. The highest BCUT2D eigenvalue weighted by Crippen LogP contribution is 2.17. The second kappa shape index (κ2) is 5.87. The van der Waals surface area contributed by atoms with Crippen LogP contribution in [0.25, 0.3) is 0 Å². The zero-order valence-electron chi connectivity index (χ0n) is 11.0. The molecule has 1 aliphatic heterocycles. The number of morpholine rings is 1. The number of urea groups is 1. The predicted octanol–water partition coefficient (Wildman–Crippen LogP) is 1.17. The summed E-state index contributed by atoms with van der Waals surface area (Å²) in [5.74, 6) is -1.54. The molecule has 2 amide bonds. The van der Waals surface area contributed by atoms with Gasteiger partial charge in [0.25, 0.3) is 0 Å². The van der Waals surface area contributed by atoms with E-state index in [4.69, 9.17) is 9.84 Å². The Labute approximate surface area is 115 Å². The molecule has 0 radical (unpaired) electrons. The van der Waals surface area contributed by atoms with Crippen LogP contribution in [0, 0.1) is 5.82 Å². The molecule has 0 saturated carbocycles. The van der Waals surface area contributed by atoms with Crippen molar-refractivity contribution in [3.63, 3.8) is 0 Å². The minimum atomic E-state index is -1.10. The molecule has 1 heterocycles. The van der Waals surface area contributed by atoms with E-state index in [-0.39, 0.29) is 19.2 Å². The van der Waals surface area contributed by atoms with Crippen LogP contribution in [0.3, 0.4) is 0 Å². The van der Waals surface area contributed by atoms with Gasteiger partial charge in [-0.15, -0.1) is 0 Å². The van der Waals surface area contributed by atoms with Gasteiger partial charge >= 0.3 is 12.0 Å². The van der Waals surface area contributed by atoms with E-state index < -0.39 is 17.9 Å². The highest BCUT2D eigenvalue weighted by molar-refractivity contribution is 5.91. The van der Waals surface area contributed by atoms with Crippen LogP contribution in [0.4, 0.5) is 14.9 Å². The summed E-state index contributed by atoms with van der Waals surface area (Å²) in [6.07, 6.45) is -1.02. The van der Waals surface area contributed by atoms with Gasteiger partial charge in [-0.25, -0.2) is 14.0 Å². The van der Waals surface area contributed by atoms with Crippen LogP contribution in [-0.2, 0) is 9.53 Å². The van der Waals surface area contributed by atoms with Crippen LogP contribution < -0.4 is 4.90 Å². The molecule has 1 atom stereocenters.